The van der Waals surface area contributed by atoms with Gasteiger partial charge in [-0.05, 0) is 48.0 Å². The summed E-state index contributed by atoms with van der Waals surface area (Å²) in [6.45, 7) is 0. The maximum absolute atomic E-state index is 5.90. The number of pyridine rings is 1. The summed E-state index contributed by atoms with van der Waals surface area (Å²) >= 11 is 7.69. The lowest BCUT2D eigenvalue weighted by Gasteiger charge is -2.15. The first-order valence-electron chi connectivity index (χ1n) is 6.52. The van der Waals surface area contributed by atoms with Crippen molar-refractivity contribution in [1.29, 1.82) is 0 Å². The smallest absolute Gasteiger partial charge is 0.0589 e. The highest BCUT2D eigenvalue weighted by Crippen LogP contribution is 2.29. The fraction of sp³-hybridized carbons (Fsp3) is 0.188. The lowest BCUT2D eigenvalue weighted by Crippen LogP contribution is -2.19. The zero-order valence-electron chi connectivity index (χ0n) is 11.1. The van der Waals surface area contributed by atoms with Crippen LogP contribution in [0, 0.1) is 0 Å². The van der Waals surface area contributed by atoms with Crippen LogP contribution < -0.4 is 5.32 Å². The van der Waals surface area contributed by atoms with Crippen LogP contribution in [0.2, 0.25) is 5.02 Å². The van der Waals surface area contributed by atoms with Gasteiger partial charge in [0.05, 0.1) is 16.8 Å². The van der Waals surface area contributed by atoms with Gasteiger partial charge in [-0.25, -0.2) is 0 Å². The average Bonchev–Trinajstić information content (AvgIpc) is 2.89. The highest BCUT2D eigenvalue weighted by molar-refractivity contribution is 7.17. The molecule has 0 saturated carbocycles. The second-order valence-corrected chi connectivity index (χ2v) is 6.05. The number of rotatable bonds is 4. The van der Waals surface area contributed by atoms with E-state index in [0.29, 0.717) is 5.02 Å². The van der Waals surface area contributed by atoms with Crippen molar-refractivity contribution in [3.8, 4) is 0 Å². The van der Waals surface area contributed by atoms with E-state index in [1.165, 1.54) is 15.6 Å². The van der Waals surface area contributed by atoms with E-state index < -0.39 is 0 Å². The number of likely N-dealkylation sites (N-methyl/N-ethyl adjacent to an activating group) is 1. The van der Waals surface area contributed by atoms with E-state index in [1.54, 1.807) is 17.5 Å². The van der Waals surface area contributed by atoms with Crippen molar-refractivity contribution in [3.63, 3.8) is 0 Å². The van der Waals surface area contributed by atoms with E-state index in [-0.39, 0.29) is 6.04 Å². The van der Waals surface area contributed by atoms with Gasteiger partial charge in [-0.3, -0.25) is 4.98 Å². The fourth-order valence-electron chi connectivity index (χ4n) is 2.36. The van der Waals surface area contributed by atoms with Gasteiger partial charge in [-0.2, -0.15) is 0 Å². The van der Waals surface area contributed by atoms with Gasteiger partial charge < -0.3 is 5.32 Å². The third-order valence-electron chi connectivity index (χ3n) is 3.44. The molecule has 0 spiro atoms. The van der Waals surface area contributed by atoms with Crippen LogP contribution in [0.15, 0.2) is 48.0 Å². The van der Waals surface area contributed by atoms with E-state index in [4.69, 9.17) is 11.6 Å². The molecule has 0 aliphatic rings. The summed E-state index contributed by atoms with van der Waals surface area (Å²) in [4.78, 5) is 4.42. The topological polar surface area (TPSA) is 24.9 Å². The summed E-state index contributed by atoms with van der Waals surface area (Å²) in [6, 6.07) is 12.6. The molecule has 1 aromatic carbocycles. The third-order valence-corrected chi connectivity index (χ3v) is 4.68. The molecule has 0 aliphatic carbocycles. The Morgan fingerprint density at radius 2 is 2.10 bits per heavy atom. The van der Waals surface area contributed by atoms with E-state index in [1.807, 2.05) is 19.2 Å². The van der Waals surface area contributed by atoms with Crippen LogP contribution in [0.3, 0.4) is 0 Å². The Morgan fingerprint density at radius 1 is 1.25 bits per heavy atom. The zero-order chi connectivity index (χ0) is 13.9. The van der Waals surface area contributed by atoms with Crippen molar-refractivity contribution in [1.82, 2.24) is 10.3 Å². The quantitative estimate of drug-likeness (QED) is 0.770. The summed E-state index contributed by atoms with van der Waals surface area (Å²) in [5.41, 5.74) is 2.38. The van der Waals surface area contributed by atoms with Gasteiger partial charge in [0.15, 0.2) is 0 Å². The molecule has 20 heavy (non-hydrogen) atoms. The van der Waals surface area contributed by atoms with E-state index in [9.17, 15) is 0 Å². The highest BCUT2D eigenvalue weighted by atomic mass is 35.5. The van der Waals surface area contributed by atoms with E-state index in [2.05, 4.69) is 39.9 Å². The van der Waals surface area contributed by atoms with Gasteiger partial charge in [-0.1, -0.05) is 29.8 Å². The molecule has 3 aromatic rings. The average molecular weight is 303 g/mol. The van der Waals surface area contributed by atoms with Crippen LogP contribution in [-0.4, -0.2) is 12.0 Å². The Bertz CT molecular complexity index is 706. The number of fused-ring (bicyclic) bond motifs is 1. The number of aromatic nitrogens is 1. The Balaban J connectivity index is 1.89. The maximum Gasteiger partial charge on any atom is 0.0589 e. The van der Waals surface area contributed by atoms with Crippen LogP contribution >= 0.6 is 22.9 Å². The van der Waals surface area contributed by atoms with Crippen LogP contribution in [0.25, 0.3) is 10.1 Å². The summed E-state index contributed by atoms with van der Waals surface area (Å²) in [5, 5.41) is 7.59. The molecule has 4 heteroatoms. The second kappa shape index (κ2) is 5.92. The molecule has 1 N–H and O–H groups in total. The van der Waals surface area contributed by atoms with Gasteiger partial charge in [0.1, 0.15) is 0 Å². The predicted octanol–water partition coefficient (Wildman–Crippen LogP) is 4.45. The van der Waals surface area contributed by atoms with E-state index >= 15 is 0 Å². The van der Waals surface area contributed by atoms with Crippen LogP contribution in [0.1, 0.15) is 17.3 Å². The summed E-state index contributed by atoms with van der Waals surface area (Å²) in [7, 11) is 1.97. The molecule has 2 nitrogen and oxygen atoms in total. The predicted molar refractivity (Wildman–Crippen MR) is 86.6 cm³/mol. The summed E-state index contributed by atoms with van der Waals surface area (Å²) < 4.78 is 1.33. The van der Waals surface area contributed by atoms with Crippen molar-refractivity contribution in [2.75, 3.05) is 7.05 Å². The van der Waals surface area contributed by atoms with Crippen molar-refractivity contribution < 1.29 is 0 Å². The molecule has 3 rings (SSSR count). The third kappa shape index (κ3) is 2.70. The minimum atomic E-state index is 0.199. The Labute approximate surface area is 127 Å². The number of hydrogen-bond donors (Lipinski definition) is 1. The second-order valence-electron chi connectivity index (χ2n) is 4.70. The number of benzene rings is 1. The van der Waals surface area contributed by atoms with Gasteiger partial charge >= 0.3 is 0 Å². The fourth-order valence-corrected chi connectivity index (χ4v) is 3.45. The van der Waals surface area contributed by atoms with Crippen molar-refractivity contribution >= 4 is 33.0 Å². The highest BCUT2D eigenvalue weighted by Gasteiger charge is 2.14. The Kier molecular flexibility index (Phi) is 4.01. The lowest BCUT2D eigenvalue weighted by atomic mass is 10.0. The molecule has 2 heterocycles. The van der Waals surface area contributed by atoms with Gasteiger partial charge in [-0.15, -0.1) is 11.3 Å². The molecular weight excluding hydrogens is 288 g/mol. The molecule has 0 fully saturated rings. The van der Waals surface area contributed by atoms with Crippen LogP contribution in [0.4, 0.5) is 0 Å². The van der Waals surface area contributed by atoms with Crippen molar-refractivity contribution in [3.05, 3.63) is 64.3 Å². The van der Waals surface area contributed by atoms with Gasteiger partial charge in [0.2, 0.25) is 0 Å². The summed E-state index contributed by atoms with van der Waals surface area (Å²) in [6.07, 6.45) is 2.63. The molecule has 0 aliphatic heterocycles. The largest absolute Gasteiger partial charge is 0.311 e. The maximum atomic E-state index is 5.90. The molecule has 0 amide bonds. The monoisotopic (exact) mass is 302 g/mol. The molecule has 0 saturated heterocycles. The van der Waals surface area contributed by atoms with E-state index in [0.717, 1.165) is 12.1 Å². The SMILES string of the molecule is CNC(Cc1csc2ccccc12)c1ccc(Cl)cn1. The first-order valence-corrected chi connectivity index (χ1v) is 7.77. The van der Waals surface area contributed by atoms with Crippen LogP contribution in [0.5, 0.6) is 0 Å². The molecule has 1 unspecified atom stereocenters. The number of nitrogens with zero attached hydrogens (tertiary/aromatic N) is 1. The van der Waals surface area contributed by atoms with Crippen molar-refractivity contribution in [2.45, 2.75) is 12.5 Å². The number of thiophene rings is 1. The standard InChI is InChI=1S/C16H15ClN2S/c1-18-15(14-7-6-12(17)9-19-14)8-11-10-20-16-5-3-2-4-13(11)16/h2-7,9-10,15,18H,8H2,1H3. The van der Waals surface area contributed by atoms with Crippen LogP contribution in [-0.2, 0) is 6.42 Å². The Hall–Kier alpha value is -1.42. The van der Waals surface area contributed by atoms with Crippen molar-refractivity contribution in [2.24, 2.45) is 0 Å². The minimum absolute atomic E-state index is 0.199. The van der Waals surface area contributed by atoms with Gasteiger partial charge in [0.25, 0.3) is 0 Å². The number of halogens is 1. The number of hydrogen-bond acceptors (Lipinski definition) is 3. The van der Waals surface area contributed by atoms with Gasteiger partial charge in [0, 0.05) is 10.9 Å². The molecule has 102 valence electrons. The molecular formula is C16H15ClN2S. The first kappa shape index (κ1) is 13.6. The minimum Gasteiger partial charge on any atom is -0.311 e. The first-order chi connectivity index (χ1) is 9.78. The Morgan fingerprint density at radius 3 is 2.85 bits per heavy atom. The zero-order valence-corrected chi connectivity index (χ0v) is 12.7. The molecule has 2 aromatic heterocycles. The normalized spacial score (nSPS) is 12.7. The lowest BCUT2D eigenvalue weighted by molar-refractivity contribution is 0.578. The molecule has 0 bridgehead atoms. The number of nitrogens with one attached hydrogen (secondary N) is 1. The molecule has 1 atom stereocenters. The molecule has 0 radical (unpaired) electrons. The summed E-state index contributed by atoms with van der Waals surface area (Å²) in [5.74, 6) is 0.